The van der Waals surface area contributed by atoms with E-state index < -0.39 is 6.67 Å². The highest BCUT2D eigenvalue weighted by molar-refractivity contribution is 7.71. The van der Waals surface area contributed by atoms with Crippen molar-refractivity contribution in [2.75, 3.05) is 13.8 Å². The Bertz CT molecular complexity index is 322. The number of hydrogen-bond acceptors (Lipinski definition) is 3. The molecule has 1 heterocycles. The summed E-state index contributed by atoms with van der Waals surface area (Å²) in [4.78, 5) is 0. The van der Waals surface area contributed by atoms with Crippen molar-refractivity contribution in [2.24, 2.45) is 0 Å². The molecule has 1 N–H and O–H groups in total. The number of rotatable bonds is 4. The second-order valence-corrected chi connectivity index (χ2v) is 2.99. The maximum atomic E-state index is 12.1. The van der Waals surface area contributed by atoms with Gasteiger partial charge in [-0.15, -0.1) is 0 Å². The van der Waals surface area contributed by atoms with Crippen molar-refractivity contribution < 1.29 is 9.13 Å². The molecule has 74 valence electrons. The molecular formula is C7H12FN3OS. The number of ether oxygens (including phenoxy) is 1. The highest BCUT2D eigenvalue weighted by atomic mass is 32.1. The predicted octanol–water partition coefficient (Wildman–Crippen LogP) is 1.62. The molecule has 0 bridgehead atoms. The van der Waals surface area contributed by atoms with Crippen molar-refractivity contribution in [2.45, 2.75) is 19.6 Å². The number of methoxy groups -OCH3 is 1. The Morgan fingerprint density at radius 1 is 1.77 bits per heavy atom. The molecule has 0 aliphatic rings. The predicted molar refractivity (Wildman–Crippen MR) is 48.8 cm³/mol. The van der Waals surface area contributed by atoms with Crippen LogP contribution in [0.3, 0.4) is 0 Å². The van der Waals surface area contributed by atoms with Crippen molar-refractivity contribution >= 4 is 12.2 Å². The van der Waals surface area contributed by atoms with Gasteiger partial charge in [0.05, 0.1) is 6.54 Å². The number of hydrogen-bond donors (Lipinski definition) is 1. The summed E-state index contributed by atoms with van der Waals surface area (Å²) >= 11 is 4.93. The molecule has 1 unspecified atom stereocenters. The highest BCUT2D eigenvalue weighted by Gasteiger charge is 2.12. The van der Waals surface area contributed by atoms with Crippen molar-refractivity contribution in [1.29, 1.82) is 0 Å². The minimum absolute atomic E-state index is 0.181. The van der Waals surface area contributed by atoms with Crippen LogP contribution in [0.2, 0.25) is 0 Å². The van der Waals surface area contributed by atoms with Crippen LogP contribution in [0.4, 0.5) is 4.39 Å². The SMILES string of the molecule is COC(C)c1n[nH]c(=S)n1CCF. The van der Waals surface area contributed by atoms with Gasteiger partial charge in [-0.2, -0.15) is 5.10 Å². The van der Waals surface area contributed by atoms with E-state index in [0.29, 0.717) is 10.6 Å². The van der Waals surface area contributed by atoms with Gasteiger partial charge >= 0.3 is 0 Å². The van der Waals surface area contributed by atoms with E-state index in [2.05, 4.69) is 10.2 Å². The molecule has 0 fully saturated rings. The van der Waals surface area contributed by atoms with E-state index in [1.165, 1.54) is 0 Å². The number of H-pyrrole nitrogens is 1. The lowest BCUT2D eigenvalue weighted by Crippen LogP contribution is -2.09. The zero-order chi connectivity index (χ0) is 9.84. The fourth-order valence-corrected chi connectivity index (χ4v) is 1.28. The molecule has 0 aromatic carbocycles. The molecule has 13 heavy (non-hydrogen) atoms. The van der Waals surface area contributed by atoms with Crippen LogP contribution in [0.1, 0.15) is 18.9 Å². The van der Waals surface area contributed by atoms with E-state index in [-0.39, 0.29) is 12.6 Å². The normalized spacial score (nSPS) is 13.2. The van der Waals surface area contributed by atoms with Gasteiger partial charge in [0.25, 0.3) is 0 Å². The summed E-state index contributed by atoms with van der Waals surface area (Å²) < 4.78 is 19.2. The highest BCUT2D eigenvalue weighted by Crippen LogP contribution is 2.12. The number of nitrogens with one attached hydrogen (secondary N) is 1. The summed E-state index contributed by atoms with van der Waals surface area (Å²) in [7, 11) is 1.57. The van der Waals surface area contributed by atoms with Crippen molar-refractivity contribution in [3.8, 4) is 0 Å². The minimum atomic E-state index is -0.461. The summed E-state index contributed by atoms with van der Waals surface area (Å²) in [6.07, 6.45) is -0.181. The van der Waals surface area contributed by atoms with Gasteiger partial charge in [-0.3, -0.25) is 9.67 Å². The zero-order valence-corrected chi connectivity index (χ0v) is 8.40. The third kappa shape index (κ3) is 2.13. The van der Waals surface area contributed by atoms with E-state index in [9.17, 15) is 4.39 Å². The summed E-state index contributed by atoms with van der Waals surface area (Å²) in [6.45, 7) is 1.59. The molecule has 1 rings (SSSR count). The lowest BCUT2D eigenvalue weighted by atomic mass is 10.4. The fraction of sp³-hybridized carbons (Fsp3) is 0.714. The first-order chi connectivity index (χ1) is 6.20. The van der Waals surface area contributed by atoms with Gasteiger partial charge < -0.3 is 4.74 Å². The van der Waals surface area contributed by atoms with Gasteiger partial charge in [-0.1, -0.05) is 0 Å². The number of aromatic nitrogens is 3. The van der Waals surface area contributed by atoms with Crippen LogP contribution in [0.5, 0.6) is 0 Å². The first kappa shape index (κ1) is 10.3. The van der Waals surface area contributed by atoms with Gasteiger partial charge in [0.1, 0.15) is 12.8 Å². The molecule has 1 aromatic heterocycles. The van der Waals surface area contributed by atoms with Crippen molar-refractivity contribution in [3.63, 3.8) is 0 Å². The molecule has 4 nitrogen and oxygen atoms in total. The van der Waals surface area contributed by atoms with E-state index in [4.69, 9.17) is 17.0 Å². The van der Waals surface area contributed by atoms with Gasteiger partial charge in [-0.05, 0) is 19.1 Å². The summed E-state index contributed by atoms with van der Waals surface area (Å²) in [5.74, 6) is 0.630. The maximum absolute atomic E-state index is 12.1. The van der Waals surface area contributed by atoms with Crippen LogP contribution in [0.25, 0.3) is 0 Å². The van der Waals surface area contributed by atoms with Crippen LogP contribution in [0, 0.1) is 4.77 Å². The monoisotopic (exact) mass is 205 g/mol. The largest absolute Gasteiger partial charge is 0.374 e. The number of nitrogens with zero attached hydrogens (tertiary/aromatic N) is 2. The Balaban J connectivity index is 2.99. The average molecular weight is 205 g/mol. The minimum Gasteiger partial charge on any atom is -0.374 e. The van der Waals surface area contributed by atoms with Gasteiger partial charge in [0, 0.05) is 7.11 Å². The van der Waals surface area contributed by atoms with E-state index in [1.807, 2.05) is 6.92 Å². The summed E-state index contributed by atoms with van der Waals surface area (Å²) in [5.41, 5.74) is 0. The van der Waals surface area contributed by atoms with Crippen molar-refractivity contribution in [1.82, 2.24) is 14.8 Å². The Kier molecular flexibility index (Phi) is 3.56. The fourth-order valence-electron chi connectivity index (χ4n) is 1.05. The lowest BCUT2D eigenvalue weighted by Gasteiger charge is -2.09. The Morgan fingerprint density at radius 2 is 2.46 bits per heavy atom. The Morgan fingerprint density at radius 3 is 3.00 bits per heavy atom. The van der Waals surface area contributed by atoms with E-state index in [1.54, 1.807) is 11.7 Å². The van der Waals surface area contributed by atoms with E-state index >= 15 is 0 Å². The smallest absolute Gasteiger partial charge is 0.195 e. The third-order valence-corrected chi connectivity index (χ3v) is 2.12. The standard InChI is InChI=1S/C7H12FN3OS/c1-5(12-2)6-9-10-7(13)11(6)4-3-8/h5H,3-4H2,1-2H3,(H,10,13). The first-order valence-corrected chi connectivity index (χ1v) is 4.35. The van der Waals surface area contributed by atoms with Crippen LogP contribution >= 0.6 is 12.2 Å². The molecule has 0 aliphatic carbocycles. The van der Waals surface area contributed by atoms with E-state index in [0.717, 1.165) is 0 Å². The number of halogens is 1. The molecule has 0 aliphatic heterocycles. The molecule has 0 saturated carbocycles. The van der Waals surface area contributed by atoms with Crippen LogP contribution in [0.15, 0.2) is 0 Å². The van der Waals surface area contributed by atoms with Gasteiger partial charge in [0.2, 0.25) is 0 Å². The molecule has 1 atom stereocenters. The molecular weight excluding hydrogens is 193 g/mol. The topological polar surface area (TPSA) is 42.8 Å². The second-order valence-electron chi connectivity index (χ2n) is 2.61. The van der Waals surface area contributed by atoms with Crippen LogP contribution in [-0.2, 0) is 11.3 Å². The van der Waals surface area contributed by atoms with Gasteiger partial charge in [0.15, 0.2) is 10.6 Å². The Labute approximate surface area is 80.7 Å². The Hall–Kier alpha value is -0.750. The molecule has 0 radical (unpaired) electrons. The van der Waals surface area contributed by atoms with Crippen LogP contribution < -0.4 is 0 Å². The first-order valence-electron chi connectivity index (χ1n) is 3.94. The number of alkyl halides is 1. The molecule has 0 spiro atoms. The second kappa shape index (κ2) is 4.48. The quantitative estimate of drug-likeness (QED) is 0.759. The molecule has 0 saturated heterocycles. The number of aromatic amines is 1. The average Bonchev–Trinajstić information content (AvgIpc) is 2.48. The third-order valence-electron chi connectivity index (χ3n) is 1.81. The summed E-state index contributed by atoms with van der Waals surface area (Å²) in [6, 6.07) is 0. The maximum Gasteiger partial charge on any atom is 0.195 e. The zero-order valence-electron chi connectivity index (χ0n) is 7.58. The summed E-state index contributed by atoms with van der Waals surface area (Å²) in [5, 5.41) is 6.57. The van der Waals surface area contributed by atoms with Crippen molar-refractivity contribution in [3.05, 3.63) is 10.6 Å². The lowest BCUT2D eigenvalue weighted by molar-refractivity contribution is 0.108. The van der Waals surface area contributed by atoms with Crippen LogP contribution in [-0.4, -0.2) is 28.5 Å². The molecule has 6 heteroatoms. The molecule has 0 amide bonds. The molecule has 1 aromatic rings. The van der Waals surface area contributed by atoms with Gasteiger partial charge in [-0.25, -0.2) is 4.39 Å².